The zero-order chi connectivity index (χ0) is 11.5. The molecular weight excluding hydrogens is 286 g/mol. The quantitative estimate of drug-likeness (QED) is 0.595. The summed E-state index contributed by atoms with van der Waals surface area (Å²) < 4.78 is 2.20. The van der Waals surface area contributed by atoms with Crippen LogP contribution in [0.3, 0.4) is 0 Å². The number of pyridine rings is 1. The SMILES string of the molecule is [Br-].c1cc[n+](Cc2cccc3ccccc23)cc1. The molecular formula is C16H14BrN. The van der Waals surface area contributed by atoms with Crippen molar-refractivity contribution in [3.63, 3.8) is 0 Å². The molecule has 3 rings (SSSR count). The average molecular weight is 300 g/mol. The Hall–Kier alpha value is -1.67. The van der Waals surface area contributed by atoms with Crippen molar-refractivity contribution in [2.45, 2.75) is 6.54 Å². The Morgan fingerprint density at radius 1 is 0.722 bits per heavy atom. The molecule has 0 amide bonds. The molecule has 90 valence electrons. The highest BCUT2D eigenvalue weighted by Gasteiger charge is 2.04. The second kappa shape index (κ2) is 5.78. The fourth-order valence-electron chi connectivity index (χ4n) is 2.17. The number of benzene rings is 2. The number of hydrogen-bond acceptors (Lipinski definition) is 0. The van der Waals surface area contributed by atoms with E-state index in [9.17, 15) is 0 Å². The lowest BCUT2D eigenvalue weighted by atomic mass is 10.0. The van der Waals surface area contributed by atoms with Crippen LogP contribution < -0.4 is 21.5 Å². The maximum atomic E-state index is 2.20. The molecule has 1 heterocycles. The van der Waals surface area contributed by atoms with Crippen LogP contribution in [0, 0.1) is 0 Å². The highest BCUT2D eigenvalue weighted by atomic mass is 79.9. The first kappa shape index (κ1) is 12.8. The van der Waals surface area contributed by atoms with Gasteiger partial charge in [0.05, 0.1) is 0 Å². The van der Waals surface area contributed by atoms with Crippen LogP contribution in [0.25, 0.3) is 10.8 Å². The van der Waals surface area contributed by atoms with E-state index in [1.54, 1.807) is 0 Å². The van der Waals surface area contributed by atoms with Gasteiger partial charge in [0.25, 0.3) is 0 Å². The van der Waals surface area contributed by atoms with Crippen molar-refractivity contribution in [2.24, 2.45) is 0 Å². The molecule has 0 bridgehead atoms. The zero-order valence-electron chi connectivity index (χ0n) is 9.96. The largest absolute Gasteiger partial charge is 1.00 e. The molecule has 3 aromatic rings. The summed E-state index contributed by atoms with van der Waals surface area (Å²) in [6.07, 6.45) is 4.20. The lowest BCUT2D eigenvalue weighted by molar-refractivity contribution is -0.688. The number of fused-ring (bicyclic) bond motifs is 1. The Kier molecular flexibility index (Phi) is 4.11. The Bertz CT molecular complexity index is 629. The molecule has 2 aromatic carbocycles. The topological polar surface area (TPSA) is 3.88 Å². The van der Waals surface area contributed by atoms with E-state index >= 15 is 0 Å². The summed E-state index contributed by atoms with van der Waals surface area (Å²) >= 11 is 0. The van der Waals surface area contributed by atoms with Gasteiger partial charge in [-0.05, 0) is 10.8 Å². The van der Waals surface area contributed by atoms with Gasteiger partial charge in [0.15, 0.2) is 18.9 Å². The predicted molar refractivity (Wildman–Crippen MR) is 69.7 cm³/mol. The van der Waals surface area contributed by atoms with Crippen LogP contribution in [-0.2, 0) is 6.54 Å². The van der Waals surface area contributed by atoms with Gasteiger partial charge in [-0.3, -0.25) is 0 Å². The Labute approximate surface area is 117 Å². The highest BCUT2D eigenvalue weighted by Crippen LogP contribution is 2.17. The van der Waals surface area contributed by atoms with Crippen molar-refractivity contribution in [1.29, 1.82) is 0 Å². The third kappa shape index (κ3) is 2.59. The van der Waals surface area contributed by atoms with Crippen LogP contribution >= 0.6 is 0 Å². The minimum atomic E-state index is 0. The fraction of sp³-hybridized carbons (Fsp3) is 0.0625. The molecule has 1 nitrogen and oxygen atoms in total. The first-order valence-corrected chi connectivity index (χ1v) is 5.84. The third-order valence-electron chi connectivity index (χ3n) is 3.01. The van der Waals surface area contributed by atoms with Crippen molar-refractivity contribution in [2.75, 3.05) is 0 Å². The summed E-state index contributed by atoms with van der Waals surface area (Å²) in [4.78, 5) is 0. The van der Waals surface area contributed by atoms with Crippen LogP contribution in [0.15, 0.2) is 73.1 Å². The van der Waals surface area contributed by atoms with Crippen molar-refractivity contribution >= 4 is 10.8 Å². The number of hydrogen-bond donors (Lipinski definition) is 0. The lowest BCUT2D eigenvalue weighted by Gasteiger charge is -2.03. The van der Waals surface area contributed by atoms with E-state index < -0.39 is 0 Å². The molecule has 0 fully saturated rings. The highest BCUT2D eigenvalue weighted by molar-refractivity contribution is 5.85. The van der Waals surface area contributed by atoms with Crippen LogP contribution in [0.5, 0.6) is 0 Å². The maximum absolute atomic E-state index is 2.20. The van der Waals surface area contributed by atoms with Gasteiger partial charge in [-0.2, -0.15) is 0 Å². The van der Waals surface area contributed by atoms with E-state index in [0.717, 1.165) is 6.54 Å². The number of aromatic nitrogens is 1. The minimum Gasteiger partial charge on any atom is -1.00 e. The van der Waals surface area contributed by atoms with Gasteiger partial charge >= 0.3 is 0 Å². The first-order valence-electron chi connectivity index (χ1n) is 5.84. The van der Waals surface area contributed by atoms with E-state index in [4.69, 9.17) is 0 Å². The smallest absolute Gasteiger partial charge is 0.174 e. The molecule has 0 unspecified atom stereocenters. The van der Waals surface area contributed by atoms with Gasteiger partial charge < -0.3 is 17.0 Å². The molecule has 0 spiro atoms. The monoisotopic (exact) mass is 299 g/mol. The van der Waals surface area contributed by atoms with Gasteiger partial charge in [-0.15, -0.1) is 0 Å². The van der Waals surface area contributed by atoms with E-state index in [0.29, 0.717) is 0 Å². The van der Waals surface area contributed by atoms with Gasteiger partial charge in [0.2, 0.25) is 0 Å². The van der Waals surface area contributed by atoms with Gasteiger partial charge in [-0.1, -0.05) is 48.5 Å². The molecule has 0 saturated carbocycles. The van der Waals surface area contributed by atoms with Crippen LogP contribution in [0.4, 0.5) is 0 Å². The summed E-state index contributed by atoms with van der Waals surface area (Å²) in [7, 11) is 0. The van der Waals surface area contributed by atoms with E-state index in [1.165, 1.54) is 16.3 Å². The minimum absolute atomic E-state index is 0. The standard InChI is InChI=1S/C16H14N.BrH/c1-4-11-17(12-5-1)13-15-9-6-8-14-7-2-3-10-16(14)15;/h1-12H,13H2;1H/q+1;/p-1. The summed E-state index contributed by atoms with van der Waals surface area (Å²) in [5, 5.41) is 2.65. The van der Waals surface area contributed by atoms with Crippen molar-refractivity contribution < 1.29 is 21.5 Å². The molecule has 0 aliphatic heterocycles. The molecule has 1 aromatic heterocycles. The van der Waals surface area contributed by atoms with E-state index in [1.807, 2.05) is 6.07 Å². The Morgan fingerprint density at radius 2 is 1.44 bits per heavy atom. The average Bonchev–Trinajstić information content (AvgIpc) is 2.40. The Morgan fingerprint density at radius 3 is 2.28 bits per heavy atom. The molecule has 0 saturated heterocycles. The predicted octanol–water partition coefficient (Wildman–Crippen LogP) is 0.180. The normalized spacial score (nSPS) is 10.0. The van der Waals surface area contributed by atoms with Gasteiger partial charge in [0, 0.05) is 17.7 Å². The lowest BCUT2D eigenvalue weighted by Crippen LogP contribution is -3.00. The second-order valence-corrected chi connectivity index (χ2v) is 4.19. The third-order valence-corrected chi connectivity index (χ3v) is 3.01. The molecule has 18 heavy (non-hydrogen) atoms. The summed E-state index contributed by atoms with van der Waals surface area (Å²) in [5.41, 5.74) is 1.36. The molecule has 0 aliphatic carbocycles. The second-order valence-electron chi connectivity index (χ2n) is 4.19. The first-order chi connectivity index (χ1) is 8.43. The number of halogens is 1. The summed E-state index contributed by atoms with van der Waals surface area (Å²) in [5.74, 6) is 0. The van der Waals surface area contributed by atoms with E-state index in [2.05, 4.69) is 71.6 Å². The molecule has 0 radical (unpaired) electrons. The summed E-state index contributed by atoms with van der Waals surface area (Å²) in [6.45, 7) is 0.919. The van der Waals surface area contributed by atoms with Crippen LogP contribution in [-0.4, -0.2) is 0 Å². The zero-order valence-corrected chi connectivity index (χ0v) is 11.5. The van der Waals surface area contributed by atoms with Crippen molar-refractivity contribution in [1.82, 2.24) is 0 Å². The molecule has 2 heteroatoms. The summed E-state index contributed by atoms with van der Waals surface area (Å²) in [6, 6.07) is 21.2. The molecule has 0 aliphatic rings. The van der Waals surface area contributed by atoms with Gasteiger partial charge in [-0.25, -0.2) is 4.57 Å². The van der Waals surface area contributed by atoms with Crippen molar-refractivity contribution in [3.05, 3.63) is 78.6 Å². The fourth-order valence-corrected chi connectivity index (χ4v) is 2.17. The van der Waals surface area contributed by atoms with Gasteiger partial charge in [0.1, 0.15) is 0 Å². The number of nitrogens with zero attached hydrogens (tertiary/aromatic N) is 1. The molecule has 0 atom stereocenters. The van der Waals surface area contributed by atoms with Crippen molar-refractivity contribution in [3.8, 4) is 0 Å². The van der Waals surface area contributed by atoms with E-state index in [-0.39, 0.29) is 17.0 Å². The number of rotatable bonds is 2. The van der Waals surface area contributed by atoms with Crippen LogP contribution in [0.1, 0.15) is 5.56 Å². The Balaban J connectivity index is 0.00000120. The van der Waals surface area contributed by atoms with Crippen LogP contribution in [0.2, 0.25) is 0 Å². The maximum Gasteiger partial charge on any atom is 0.174 e. The molecule has 0 N–H and O–H groups in total.